The zero-order valence-electron chi connectivity index (χ0n) is 16.9. The number of pyridine rings is 1. The highest BCUT2D eigenvalue weighted by atomic mass is 32.2. The van der Waals surface area contributed by atoms with Crippen LogP contribution in [0.15, 0.2) is 81.9 Å². The Morgan fingerprint density at radius 3 is 2.45 bits per heavy atom. The van der Waals surface area contributed by atoms with Gasteiger partial charge in [-0.05, 0) is 54.8 Å². The zero-order valence-corrected chi connectivity index (χ0v) is 18.5. The molecule has 12 heteroatoms. The predicted molar refractivity (Wildman–Crippen MR) is 117 cm³/mol. The third-order valence-corrected chi connectivity index (χ3v) is 6.13. The molecular weight excluding hydrogens is 479 g/mol. The van der Waals surface area contributed by atoms with Crippen LogP contribution in [0.2, 0.25) is 0 Å². The number of benzene rings is 2. The van der Waals surface area contributed by atoms with E-state index in [1.807, 2.05) is 0 Å². The normalized spacial score (nSPS) is 12.0. The van der Waals surface area contributed by atoms with Gasteiger partial charge in [-0.3, -0.25) is 4.79 Å². The third kappa shape index (κ3) is 6.11. The Morgan fingerprint density at radius 2 is 1.79 bits per heavy atom. The predicted octanol–water partition coefficient (Wildman–Crippen LogP) is 4.35. The van der Waals surface area contributed by atoms with E-state index in [1.54, 1.807) is 30.7 Å². The standard InChI is InChI=1S/C21H16F3N3O4S2/c1-32-20-17(6-4-12-25-20)19(28)27-26-13-14-5-2-3-7-18(14)31-33(29,30)16-10-8-15(9-11-16)21(22,23)24/h2-13H,1H3,(H,27,28)/b26-13+. The maximum Gasteiger partial charge on any atom is 0.416 e. The number of hydrogen-bond acceptors (Lipinski definition) is 7. The van der Waals surface area contributed by atoms with Crippen molar-refractivity contribution in [3.63, 3.8) is 0 Å². The van der Waals surface area contributed by atoms with Gasteiger partial charge >= 0.3 is 16.3 Å². The topological polar surface area (TPSA) is 97.7 Å². The summed E-state index contributed by atoms with van der Waals surface area (Å²) in [6, 6.07) is 12.1. The van der Waals surface area contributed by atoms with Crippen LogP contribution in [0.1, 0.15) is 21.5 Å². The summed E-state index contributed by atoms with van der Waals surface area (Å²) in [6.45, 7) is 0. The number of para-hydroxylation sites is 1. The summed E-state index contributed by atoms with van der Waals surface area (Å²) >= 11 is 1.29. The van der Waals surface area contributed by atoms with E-state index in [-0.39, 0.29) is 11.3 Å². The number of alkyl halides is 3. The molecular formula is C21H16F3N3O4S2. The second-order valence-corrected chi connectivity index (χ2v) is 8.70. The highest BCUT2D eigenvalue weighted by Crippen LogP contribution is 2.30. The Balaban J connectivity index is 1.77. The van der Waals surface area contributed by atoms with Crippen molar-refractivity contribution in [1.82, 2.24) is 10.4 Å². The maximum absolute atomic E-state index is 12.7. The molecule has 0 bridgehead atoms. The smallest absolute Gasteiger partial charge is 0.378 e. The van der Waals surface area contributed by atoms with Crippen LogP contribution in [0.3, 0.4) is 0 Å². The largest absolute Gasteiger partial charge is 0.416 e. The van der Waals surface area contributed by atoms with Gasteiger partial charge in [-0.25, -0.2) is 10.4 Å². The van der Waals surface area contributed by atoms with Crippen molar-refractivity contribution in [3.05, 3.63) is 83.6 Å². The number of nitrogens with one attached hydrogen (secondary N) is 1. The molecule has 3 rings (SSSR count). The Bertz CT molecular complexity index is 1280. The molecule has 0 saturated carbocycles. The van der Waals surface area contributed by atoms with Gasteiger partial charge in [-0.1, -0.05) is 12.1 Å². The maximum atomic E-state index is 12.7. The minimum Gasteiger partial charge on any atom is -0.378 e. The van der Waals surface area contributed by atoms with Gasteiger partial charge in [0.15, 0.2) is 5.75 Å². The molecule has 0 saturated heterocycles. The first-order valence-corrected chi connectivity index (χ1v) is 11.8. The van der Waals surface area contributed by atoms with Crippen molar-refractivity contribution in [3.8, 4) is 5.75 Å². The number of nitrogens with zero attached hydrogens (tertiary/aromatic N) is 2. The molecule has 0 radical (unpaired) electrons. The van der Waals surface area contributed by atoms with E-state index in [9.17, 15) is 26.4 Å². The molecule has 0 aliphatic carbocycles. The molecule has 172 valence electrons. The highest BCUT2D eigenvalue weighted by Gasteiger charge is 2.31. The van der Waals surface area contributed by atoms with E-state index in [4.69, 9.17) is 4.18 Å². The van der Waals surface area contributed by atoms with Crippen molar-refractivity contribution < 1.29 is 30.6 Å². The summed E-state index contributed by atoms with van der Waals surface area (Å²) in [5.41, 5.74) is 1.88. The van der Waals surface area contributed by atoms with E-state index in [0.29, 0.717) is 22.7 Å². The number of hydrogen-bond donors (Lipinski definition) is 1. The lowest BCUT2D eigenvalue weighted by Gasteiger charge is -2.11. The first kappa shape index (κ1) is 24.3. The average molecular weight is 496 g/mol. The second kappa shape index (κ2) is 10.0. The molecule has 1 heterocycles. The lowest BCUT2D eigenvalue weighted by atomic mass is 10.2. The molecule has 1 aromatic heterocycles. The van der Waals surface area contributed by atoms with Crippen LogP contribution >= 0.6 is 11.8 Å². The van der Waals surface area contributed by atoms with Gasteiger partial charge in [0, 0.05) is 11.8 Å². The van der Waals surface area contributed by atoms with E-state index < -0.39 is 32.7 Å². The van der Waals surface area contributed by atoms with Gasteiger partial charge in [-0.2, -0.15) is 26.7 Å². The highest BCUT2D eigenvalue weighted by molar-refractivity contribution is 7.98. The third-order valence-electron chi connectivity index (χ3n) is 4.17. The number of halogens is 3. The Kier molecular flexibility index (Phi) is 7.39. The summed E-state index contributed by atoms with van der Waals surface area (Å²) < 4.78 is 68.3. The van der Waals surface area contributed by atoms with Gasteiger partial charge in [-0.15, -0.1) is 11.8 Å². The van der Waals surface area contributed by atoms with Crippen molar-refractivity contribution >= 4 is 34.0 Å². The van der Waals surface area contributed by atoms with Crippen LogP contribution < -0.4 is 9.61 Å². The van der Waals surface area contributed by atoms with Crippen LogP contribution in [0.25, 0.3) is 0 Å². The van der Waals surface area contributed by atoms with Gasteiger partial charge in [0.1, 0.15) is 9.92 Å². The summed E-state index contributed by atoms with van der Waals surface area (Å²) in [5.74, 6) is -0.638. The van der Waals surface area contributed by atoms with E-state index in [1.165, 1.54) is 36.2 Å². The summed E-state index contributed by atoms with van der Waals surface area (Å²) in [4.78, 5) is 16.0. The Labute approximate surface area is 191 Å². The number of carbonyl (C=O) groups is 1. The minimum atomic E-state index is -4.59. The number of rotatable bonds is 7. The first-order chi connectivity index (χ1) is 15.6. The average Bonchev–Trinajstić information content (AvgIpc) is 2.79. The Hall–Kier alpha value is -3.38. The number of amides is 1. The molecule has 0 aliphatic heterocycles. The van der Waals surface area contributed by atoms with Crippen molar-refractivity contribution in [1.29, 1.82) is 0 Å². The fourth-order valence-corrected chi connectivity index (χ4v) is 4.09. The van der Waals surface area contributed by atoms with Gasteiger partial charge in [0.05, 0.1) is 17.3 Å². The molecule has 0 atom stereocenters. The van der Waals surface area contributed by atoms with Crippen LogP contribution in [-0.2, 0) is 16.3 Å². The minimum absolute atomic E-state index is 0.124. The molecule has 0 aliphatic rings. The fraction of sp³-hybridized carbons (Fsp3) is 0.0952. The lowest BCUT2D eigenvalue weighted by Crippen LogP contribution is -2.19. The molecule has 3 aromatic rings. The number of aromatic nitrogens is 1. The monoisotopic (exact) mass is 495 g/mol. The van der Waals surface area contributed by atoms with Gasteiger partial charge in [0.2, 0.25) is 0 Å². The molecule has 7 nitrogen and oxygen atoms in total. The number of hydrazone groups is 1. The van der Waals surface area contributed by atoms with E-state index >= 15 is 0 Å². The van der Waals surface area contributed by atoms with E-state index in [0.717, 1.165) is 12.1 Å². The summed E-state index contributed by atoms with van der Waals surface area (Å²) in [5, 5.41) is 4.34. The van der Waals surface area contributed by atoms with Crippen LogP contribution in [0, 0.1) is 0 Å². The molecule has 0 unspecified atom stereocenters. The van der Waals surface area contributed by atoms with Crippen molar-refractivity contribution in [2.45, 2.75) is 16.1 Å². The SMILES string of the molecule is CSc1ncccc1C(=O)N/N=C/c1ccccc1OS(=O)(=O)c1ccc(C(F)(F)F)cc1. The summed E-state index contributed by atoms with van der Waals surface area (Å²) in [6.07, 6.45) is -0.0860. The van der Waals surface area contributed by atoms with Crippen LogP contribution in [0.5, 0.6) is 5.75 Å². The zero-order chi connectivity index (χ0) is 24.1. The first-order valence-electron chi connectivity index (χ1n) is 9.15. The van der Waals surface area contributed by atoms with Crippen LogP contribution in [-0.4, -0.2) is 31.8 Å². The lowest BCUT2D eigenvalue weighted by molar-refractivity contribution is -0.137. The molecule has 0 spiro atoms. The molecule has 2 aromatic carbocycles. The van der Waals surface area contributed by atoms with Gasteiger partial charge < -0.3 is 4.18 Å². The molecule has 1 amide bonds. The number of thioether (sulfide) groups is 1. The molecule has 0 fully saturated rings. The molecule has 33 heavy (non-hydrogen) atoms. The van der Waals surface area contributed by atoms with Crippen molar-refractivity contribution in [2.75, 3.05) is 6.26 Å². The van der Waals surface area contributed by atoms with Crippen LogP contribution in [0.4, 0.5) is 13.2 Å². The summed E-state index contributed by atoms with van der Waals surface area (Å²) in [7, 11) is -4.42. The second-order valence-electron chi connectivity index (χ2n) is 6.36. The molecule has 1 N–H and O–H groups in total. The van der Waals surface area contributed by atoms with Gasteiger partial charge in [0.25, 0.3) is 5.91 Å². The van der Waals surface area contributed by atoms with E-state index in [2.05, 4.69) is 15.5 Å². The Morgan fingerprint density at radius 1 is 1.09 bits per heavy atom. The fourth-order valence-electron chi connectivity index (χ4n) is 2.59. The van der Waals surface area contributed by atoms with Crippen molar-refractivity contribution in [2.24, 2.45) is 5.10 Å². The number of carbonyl (C=O) groups excluding carboxylic acids is 1. The quantitative estimate of drug-likeness (QED) is 0.227.